The van der Waals surface area contributed by atoms with Crippen LogP contribution in [0.1, 0.15) is 15.9 Å². The first-order chi connectivity index (χ1) is 11.9. The monoisotopic (exact) mass is 346 g/mol. The molecule has 3 aromatic rings. The van der Waals surface area contributed by atoms with E-state index in [-0.39, 0.29) is 17.5 Å². The van der Waals surface area contributed by atoms with Gasteiger partial charge in [0.2, 0.25) is 0 Å². The number of pyridine rings is 1. The van der Waals surface area contributed by atoms with Crippen LogP contribution in [0.15, 0.2) is 47.2 Å². The average Bonchev–Trinajstić information content (AvgIpc) is 3.03. The fraction of sp³-hybridized carbons (Fsp3) is 0.118. The van der Waals surface area contributed by atoms with Gasteiger partial charge in [-0.15, -0.1) is 0 Å². The Labute approximate surface area is 140 Å². The summed E-state index contributed by atoms with van der Waals surface area (Å²) in [6.07, 6.45) is 2.37. The van der Waals surface area contributed by atoms with E-state index < -0.39 is 29.6 Å². The molecule has 0 saturated carbocycles. The van der Waals surface area contributed by atoms with Crippen LogP contribution in [0.25, 0.3) is 11.1 Å². The molecule has 0 spiro atoms. The van der Waals surface area contributed by atoms with Gasteiger partial charge in [0.15, 0.2) is 5.58 Å². The van der Waals surface area contributed by atoms with Crippen LogP contribution in [0.3, 0.4) is 0 Å². The van der Waals surface area contributed by atoms with E-state index >= 15 is 0 Å². The molecule has 0 saturated heterocycles. The third-order valence-electron chi connectivity index (χ3n) is 3.61. The lowest BCUT2D eigenvalue weighted by molar-refractivity contribution is -0.139. The first-order valence-corrected chi connectivity index (χ1v) is 7.25. The molecular weight excluding hydrogens is 334 g/mol. The fourth-order valence-electron chi connectivity index (χ4n) is 2.32. The molecule has 1 amide bonds. The maximum Gasteiger partial charge on any atom is 0.326 e. The molecule has 0 unspecified atom stereocenters. The molecule has 1 aromatic carbocycles. The molecule has 3 rings (SSSR count). The Bertz CT molecular complexity index is 955. The number of aliphatic carboxylic acids is 1. The fourth-order valence-corrected chi connectivity index (χ4v) is 2.32. The summed E-state index contributed by atoms with van der Waals surface area (Å²) in [6.45, 7) is 0. The number of carboxylic acid groups (broad SMARTS) is 1. The summed E-state index contributed by atoms with van der Waals surface area (Å²) in [5.41, 5.74) is 1.02. The van der Waals surface area contributed by atoms with Crippen molar-refractivity contribution in [1.82, 2.24) is 10.3 Å². The van der Waals surface area contributed by atoms with Gasteiger partial charge in [-0.1, -0.05) is 6.07 Å². The molecule has 0 aliphatic rings. The lowest BCUT2D eigenvalue weighted by Crippen LogP contribution is -2.42. The summed E-state index contributed by atoms with van der Waals surface area (Å²) in [7, 11) is 0. The van der Waals surface area contributed by atoms with Crippen LogP contribution in [0.2, 0.25) is 0 Å². The molecule has 25 heavy (non-hydrogen) atoms. The molecule has 0 fully saturated rings. The van der Waals surface area contributed by atoms with Crippen molar-refractivity contribution in [3.8, 4) is 0 Å². The maximum atomic E-state index is 13.7. The van der Waals surface area contributed by atoms with Crippen molar-refractivity contribution in [3.63, 3.8) is 0 Å². The maximum absolute atomic E-state index is 13.7. The second-order valence-electron chi connectivity index (χ2n) is 5.33. The zero-order valence-corrected chi connectivity index (χ0v) is 12.7. The molecule has 2 N–H and O–H groups in total. The minimum Gasteiger partial charge on any atom is -0.480 e. The second kappa shape index (κ2) is 6.68. The van der Waals surface area contributed by atoms with E-state index in [9.17, 15) is 23.5 Å². The number of carboxylic acids is 1. The quantitative estimate of drug-likeness (QED) is 0.741. The van der Waals surface area contributed by atoms with E-state index in [1.54, 1.807) is 6.07 Å². The predicted molar refractivity (Wildman–Crippen MR) is 83.0 cm³/mol. The Kier molecular flexibility index (Phi) is 4.42. The summed E-state index contributed by atoms with van der Waals surface area (Å²) in [4.78, 5) is 27.6. The van der Waals surface area contributed by atoms with Crippen LogP contribution in [0.5, 0.6) is 0 Å². The van der Waals surface area contributed by atoms with Crippen molar-refractivity contribution in [3.05, 3.63) is 65.6 Å². The second-order valence-corrected chi connectivity index (χ2v) is 5.33. The number of fused-ring (bicyclic) bond motifs is 1. The number of aromatic nitrogens is 1. The smallest absolute Gasteiger partial charge is 0.326 e. The summed E-state index contributed by atoms with van der Waals surface area (Å²) >= 11 is 0. The third kappa shape index (κ3) is 3.63. The van der Waals surface area contributed by atoms with E-state index in [0.29, 0.717) is 17.2 Å². The Balaban J connectivity index is 1.78. The summed E-state index contributed by atoms with van der Waals surface area (Å²) < 4.78 is 31.8. The van der Waals surface area contributed by atoms with Gasteiger partial charge in [-0.25, -0.2) is 13.6 Å². The van der Waals surface area contributed by atoms with Crippen molar-refractivity contribution < 1.29 is 27.9 Å². The van der Waals surface area contributed by atoms with Gasteiger partial charge in [-0.05, 0) is 17.7 Å². The van der Waals surface area contributed by atoms with Gasteiger partial charge in [0, 0.05) is 24.8 Å². The highest BCUT2D eigenvalue weighted by atomic mass is 19.1. The molecule has 1 atom stereocenters. The number of rotatable bonds is 5. The number of carbonyl (C=O) groups is 2. The van der Waals surface area contributed by atoms with Crippen LogP contribution >= 0.6 is 0 Å². The zero-order valence-electron chi connectivity index (χ0n) is 12.7. The lowest BCUT2D eigenvalue weighted by Gasteiger charge is -2.15. The number of benzene rings is 1. The number of hydrogen-bond acceptors (Lipinski definition) is 4. The Morgan fingerprint density at radius 1 is 1.24 bits per heavy atom. The molecule has 8 heteroatoms. The molecule has 0 aliphatic carbocycles. The molecule has 6 nitrogen and oxygen atoms in total. The number of amides is 1. The standard InChI is InChI=1S/C17H12F2N2O4/c18-11-2-1-9(12(19)7-11)5-14(17(23)24)21-16(22)10-6-15-13(20-8-10)3-4-25-15/h1-4,6-8,14H,5H2,(H,21,22)(H,23,24)/t14-/m0/s1. The first-order valence-electron chi connectivity index (χ1n) is 7.25. The van der Waals surface area contributed by atoms with Gasteiger partial charge >= 0.3 is 5.97 Å². The van der Waals surface area contributed by atoms with Gasteiger partial charge < -0.3 is 14.8 Å². The summed E-state index contributed by atoms with van der Waals surface area (Å²) in [6, 6.07) is 4.48. The van der Waals surface area contributed by atoms with Gasteiger partial charge in [0.1, 0.15) is 23.2 Å². The number of carbonyl (C=O) groups excluding carboxylic acids is 1. The van der Waals surface area contributed by atoms with Crippen molar-refractivity contribution in [1.29, 1.82) is 0 Å². The van der Waals surface area contributed by atoms with Gasteiger partial charge in [-0.2, -0.15) is 0 Å². The third-order valence-corrected chi connectivity index (χ3v) is 3.61. The minimum atomic E-state index is -1.39. The summed E-state index contributed by atoms with van der Waals surface area (Å²) in [5.74, 6) is -3.68. The van der Waals surface area contributed by atoms with Crippen LogP contribution in [0, 0.1) is 11.6 Å². The number of nitrogens with zero attached hydrogens (tertiary/aromatic N) is 1. The molecule has 0 aliphatic heterocycles. The largest absolute Gasteiger partial charge is 0.480 e. The van der Waals surface area contributed by atoms with Crippen LogP contribution in [0.4, 0.5) is 8.78 Å². The Morgan fingerprint density at radius 2 is 2.04 bits per heavy atom. The summed E-state index contributed by atoms with van der Waals surface area (Å²) in [5, 5.41) is 11.6. The highest BCUT2D eigenvalue weighted by molar-refractivity contribution is 5.98. The van der Waals surface area contributed by atoms with E-state index in [1.807, 2.05) is 0 Å². The van der Waals surface area contributed by atoms with E-state index in [0.717, 1.165) is 12.1 Å². The van der Waals surface area contributed by atoms with Crippen molar-refractivity contribution in [2.45, 2.75) is 12.5 Å². The molecular formula is C17H12F2N2O4. The molecule has 128 valence electrons. The SMILES string of the molecule is O=C(N[C@@H](Cc1ccc(F)cc1F)C(=O)O)c1cnc2ccoc2c1. The van der Waals surface area contributed by atoms with E-state index in [1.165, 1.54) is 18.5 Å². The number of nitrogens with one attached hydrogen (secondary N) is 1. The molecule has 0 bridgehead atoms. The normalized spacial score (nSPS) is 12.1. The van der Waals surface area contributed by atoms with E-state index in [2.05, 4.69) is 10.3 Å². The lowest BCUT2D eigenvalue weighted by atomic mass is 10.0. The topological polar surface area (TPSA) is 92.4 Å². The first kappa shape index (κ1) is 16.6. The Morgan fingerprint density at radius 3 is 2.76 bits per heavy atom. The number of furan rings is 1. The highest BCUT2D eigenvalue weighted by Crippen LogP contribution is 2.15. The van der Waals surface area contributed by atoms with Crippen molar-refractivity contribution >= 4 is 23.0 Å². The Hall–Kier alpha value is -3.29. The van der Waals surface area contributed by atoms with Gasteiger partial charge in [0.05, 0.1) is 11.8 Å². The average molecular weight is 346 g/mol. The molecule has 2 aromatic heterocycles. The van der Waals surface area contributed by atoms with Crippen molar-refractivity contribution in [2.24, 2.45) is 0 Å². The van der Waals surface area contributed by atoms with Crippen LogP contribution in [-0.2, 0) is 11.2 Å². The van der Waals surface area contributed by atoms with Crippen molar-refractivity contribution in [2.75, 3.05) is 0 Å². The highest BCUT2D eigenvalue weighted by Gasteiger charge is 2.23. The van der Waals surface area contributed by atoms with Gasteiger partial charge in [0.25, 0.3) is 5.91 Å². The van der Waals surface area contributed by atoms with Crippen LogP contribution in [-0.4, -0.2) is 28.0 Å². The zero-order chi connectivity index (χ0) is 18.0. The van der Waals surface area contributed by atoms with Crippen LogP contribution < -0.4 is 5.32 Å². The molecule has 2 heterocycles. The molecule has 0 radical (unpaired) electrons. The number of hydrogen-bond donors (Lipinski definition) is 2. The van der Waals surface area contributed by atoms with Gasteiger partial charge in [-0.3, -0.25) is 9.78 Å². The predicted octanol–water partition coefficient (Wildman–Crippen LogP) is 2.53. The number of halogens is 2. The minimum absolute atomic E-state index is 0.0197. The van der Waals surface area contributed by atoms with E-state index in [4.69, 9.17) is 4.42 Å².